The Morgan fingerprint density at radius 1 is 1.45 bits per heavy atom. The molecule has 0 aliphatic carbocycles. The van der Waals surface area contributed by atoms with E-state index in [0.717, 1.165) is 0 Å². The van der Waals surface area contributed by atoms with Crippen molar-refractivity contribution < 1.29 is 18.3 Å². The third-order valence-corrected chi connectivity index (χ3v) is 4.63. The lowest BCUT2D eigenvalue weighted by Gasteiger charge is -2.20. The topological polar surface area (TPSA) is 112 Å². The van der Waals surface area contributed by atoms with Gasteiger partial charge in [-0.3, -0.25) is 4.79 Å². The number of nitrogens with one attached hydrogen (secondary N) is 2. The first-order chi connectivity index (χ1) is 9.33. The lowest BCUT2D eigenvalue weighted by atomic mass is 9.88. The second-order valence-corrected chi connectivity index (χ2v) is 6.77. The molecule has 0 saturated heterocycles. The largest absolute Gasteiger partial charge is 0.481 e. The number of hydrogen-bond acceptors (Lipinski definition) is 4. The number of aliphatic carboxylic acids is 1. The van der Waals surface area contributed by atoms with Crippen molar-refractivity contribution in [2.45, 2.75) is 38.1 Å². The van der Waals surface area contributed by atoms with E-state index in [0.29, 0.717) is 18.8 Å². The zero-order chi connectivity index (χ0) is 15.2. The molecular formula is C12H21N3O4S. The van der Waals surface area contributed by atoms with E-state index in [9.17, 15) is 13.2 Å². The Hall–Kier alpha value is -1.41. The minimum absolute atomic E-state index is 0.0316. The Kier molecular flexibility index (Phi) is 6.15. The molecule has 0 saturated carbocycles. The van der Waals surface area contributed by atoms with Crippen molar-refractivity contribution in [1.82, 2.24) is 14.7 Å². The number of rotatable bonds is 9. The maximum Gasteiger partial charge on any atom is 0.303 e. The van der Waals surface area contributed by atoms with E-state index < -0.39 is 16.0 Å². The SMILES string of the molecule is CC(C)C(CCNS(=O)(=O)c1cnc[nH]1)CCC(=O)O. The normalized spacial score (nSPS) is 13.6. The van der Waals surface area contributed by atoms with Crippen LogP contribution in [0.15, 0.2) is 17.6 Å². The number of nitrogens with zero attached hydrogens (tertiary/aromatic N) is 1. The van der Waals surface area contributed by atoms with E-state index in [-0.39, 0.29) is 23.9 Å². The summed E-state index contributed by atoms with van der Waals surface area (Å²) in [6.45, 7) is 4.30. The number of carboxylic acid groups (broad SMARTS) is 1. The molecule has 1 aromatic heterocycles. The van der Waals surface area contributed by atoms with Crippen LogP contribution < -0.4 is 4.72 Å². The van der Waals surface area contributed by atoms with Gasteiger partial charge >= 0.3 is 5.97 Å². The van der Waals surface area contributed by atoms with E-state index in [1.807, 2.05) is 13.8 Å². The molecule has 7 nitrogen and oxygen atoms in total. The molecule has 1 rings (SSSR count). The van der Waals surface area contributed by atoms with Crippen LogP contribution in [0.2, 0.25) is 0 Å². The fraction of sp³-hybridized carbons (Fsp3) is 0.667. The number of carbonyl (C=O) groups is 1. The maximum atomic E-state index is 11.8. The van der Waals surface area contributed by atoms with Gasteiger partial charge in [0.05, 0.1) is 12.5 Å². The van der Waals surface area contributed by atoms with E-state index in [1.54, 1.807) is 0 Å². The molecule has 1 unspecified atom stereocenters. The van der Waals surface area contributed by atoms with Crippen LogP contribution in [0.1, 0.15) is 33.1 Å². The molecule has 20 heavy (non-hydrogen) atoms. The van der Waals surface area contributed by atoms with Crippen molar-refractivity contribution in [3.05, 3.63) is 12.5 Å². The first kappa shape index (κ1) is 16.6. The predicted octanol–water partition coefficient (Wildman–Crippen LogP) is 1.22. The average molecular weight is 303 g/mol. The van der Waals surface area contributed by atoms with E-state index in [2.05, 4.69) is 14.7 Å². The summed E-state index contributed by atoms with van der Waals surface area (Å²) in [7, 11) is -3.55. The fourth-order valence-electron chi connectivity index (χ4n) is 1.97. The molecule has 0 aliphatic rings. The first-order valence-electron chi connectivity index (χ1n) is 6.52. The van der Waals surface area contributed by atoms with Crippen molar-refractivity contribution in [3.63, 3.8) is 0 Å². The molecule has 0 aromatic carbocycles. The zero-order valence-electron chi connectivity index (χ0n) is 11.7. The van der Waals surface area contributed by atoms with Crippen molar-refractivity contribution >= 4 is 16.0 Å². The van der Waals surface area contributed by atoms with Crippen LogP contribution in [0.4, 0.5) is 0 Å². The molecule has 0 aliphatic heterocycles. The highest BCUT2D eigenvalue weighted by Crippen LogP contribution is 2.20. The average Bonchev–Trinajstić information content (AvgIpc) is 2.87. The van der Waals surface area contributed by atoms with Gasteiger partial charge in [-0.2, -0.15) is 0 Å². The number of imidazole rings is 1. The van der Waals surface area contributed by atoms with Gasteiger partial charge in [0, 0.05) is 13.0 Å². The number of H-pyrrole nitrogens is 1. The summed E-state index contributed by atoms with van der Waals surface area (Å²) in [5, 5.41) is 8.73. The predicted molar refractivity (Wildman–Crippen MR) is 73.6 cm³/mol. The molecule has 0 bridgehead atoms. The van der Waals surface area contributed by atoms with Crippen molar-refractivity contribution in [2.75, 3.05) is 6.54 Å². The summed E-state index contributed by atoms with van der Waals surface area (Å²) < 4.78 is 26.2. The second-order valence-electron chi connectivity index (χ2n) is 5.04. The van der Waals surface area contributed by atoms with Crippen molar-refractivity contribution in [3.8, 4) is 0 Å². The van der Waals surface area contributed by atoms with Crippen LogP contribution in [-0.4, -0.2) is 36.0 Å². The van der Waals surface area contributed by atoms with Gasteiger partial charge in [-0.05, 0) is 24.7 Å². The number of aromatic nitrogens is 2. The van der Waals surface area contributed by atoms with Gasteiger partial charge in [0.25, 0.3) is 10.0 Å². The summed E-state index contributed by atoms with van der Waals surface area (Å²) in [6.07, 6.45) is 3.82. The molecule has 0 fully saturated rings. The van der Waals surface area contributed by atoms with Crippen molar-refractivity contribution in [2.24, 2.45) is 11.8 Å². The number of aromatic amines is 1. The third kappa shape index (κ3) is 5.30. The molecule has 8 heteroatoms. The Morgan fingerprint density at radius 2 is 2.15 bits per heavy atom. The molecule has 0 spiro atoms. The minimum Gasteiger partial charge on any atom is -0.481 e. The van der Waals surface area contributed by atoms with Gasteiger partial charge in [-0.15, -0.1) is 0 Å². The summed E-state index contributed by atoms with van der Waals surface area (Å²) in [5.41, 5.74) is 0. The molecule has 1 aromatic rings. The lowest BCUT2D eigenvalue weighted by Crippen LogP contribution is -2.27. The van der Waals surface area contributed by atoms with Gasteiger partial charge in [-0.25, -0.2) is 18.1 Å². The molecule has 0 radical (unpaired) electrons. The second kappa shape index (κ2) is 7.39. The van der Waals surface area contributed by atoms with Gasteiger partial charge in [0.1, 0.15) is 0 Å². The standard InChI is InChI=1S/C12H21N3O4S/c1-9(2)10(3-4-12(16)17)5-6-15-20(18,19)11-7-13-8-14-11/h7-10,15H,3-6H2,1-2H3,(H,13,14)(H,16,17). The zero-order valence-corrected chi connectivity index (χ0v) is 12.5. The Labute approximate surface area is 118 Å². The highest BCUT2D eigenvalue weighted by atomic mass is 32.2. The third-order valence-electron chi connectivity index (χ3n) is 3.24. The molecule has 3 N–H and O–H groups in total. The number of sulfonamides is 1. The monoisotopic (exact) mass is 303 g/mol. The molecule has 1 heterocycles. The quantitative estimate of drug-likeness (QED) is 0.635. The van der Waals surface area contributed by atoms with E-state index >= 15 is 0 Å². The van der Waals surface area contributed by atoms with Crippen LogP contribution in [0.5, 0.6) is 0 Å². The van der Waals surface area contributed by atoms with E-state index in [1.165, 1.54) is 12.5 Å². The summed E-state index contributed by atoms with van der Waals surface area (Å²) in [5.74, 6) is -0.338. The Balaban J connectivity index is 2.46. The van der Waals surface area contributed by atoms with Gasteiger partial charge in [0.2, 0.25) is 0 Å². The fourth-order valence-corrected chi connectivity index (χ4v) is 2.92. The van der Waals surface area contributed by atoms with Gasteiger partial charge in [0.15, 0.2) is 5.03 Å². The summed E-state index contributed by atoms with van der Waals surface area (Å²) in [6, 6.07) is 0. The smallest absolute Gasteiger partial charge is 0.303 e. The maximum absolute atomic E-state index is 11.8. The Bertz CT molecular complexity index is 511. The molecule has 0 amide bonds. The van der Waals surface area contributed by atoms with Crippen molar-refractivity contribution in [1.29, 1.82) is 0 Å². The van der Waals surface area contributed by atoms with Crippen LogP contribution in [-0.2, 0) is 14.8 Å². The van der Waals surface area contributed by atoms with Gasteiger partial charge in [-0.1, -0.05) is 13.8 Å². The van der Waals surface area contributed by atoms with Gasteiger partial charge < -0.3 is 10.1 Å². The Morgan fingerprint density at radius 3 is 2.65 bits per heavy atom. The minimum atomic E-state index is -3.55. The number of hydrogen-bond donors (Lipinski definition) is 3. The van der Waals surface area contributed by atoms with Crippen LogP contribution in [0.3, 0.4) is 0 Å². The summed E-state index contributed by atoms with van der Waals surface area (Å²) >= 11 is 0. The highest BCUT2D eigenvalue weighted by molar-refractivity contribution is 7.89. The van der Waals surface area contributed by atoms with E-state index in [4.69, 9.17) is 5.11 Å². The molecule has 114 valence electrons. The van der Waals surface area contributed by atoms with Crippen LogP contribution >= 0.6 is 0 Å². The van der Waals surface area contributed by atoms with Crippen LogP contribution in [0, 0.1) is 11.8 Å². The van der Waals surface area contributed by atoms with Crippen LogP contribution in [0.25, 0.3) is 0 Å². The molecular weight excluding hydrogens is 282 g/mol. The first-order valence-corrected chi connectivity index (χ1v) is 8.01. The number of carboxylic acids is 1. The molecule has 1 atom stereocenters. The highest BCUT2D eigenvalue weighted by Gasteiger charge is 2.18. The lowest BCUT2D eigenvalue weighted by molar-refractivity contribution is -0.137. The summed E-state index contributed by atoms with van der Waals surface area (Å²) in [4.78, 5) is 16.8.